The molecular weight excluding hydrogens is 228 g/mol. The molecule has 1 heterocycles. The van der Waals surface area contributed by atoms with E-state index in [0.29, 0.717) is 11.0 Å². The second-order valence-electron chi connectivity index (χ2n) is 3.95. The summed E-state index contributed by atoms with van der Waals surface area (Å²) in [5, 5.41) is 18.0. The van der Waals surface area contributed by atoms with Crippen molar-refractivity contribution in [3.05, 3.63) is 29.1 Å². The number of carboxylic acid groups (broad SMARTS) is 1. The molecule has 90 valence electrons. The van der Waals surface area contributed by atoms with Crippen molar-refractivity contribution < 1.29 is 24.0 Å². The average Bonchev–Trinajstić information content (AvgIpc) is 2.61. The van der Waals surface area contributed by atoms with E-state index in [1.165, 1.54) is 6.07 Å². The molecule has 7 heteroatoms. The molecule has 0 fully saturated rings. The Morgan fingerprint density at radius 3 is 3.00 bits per heavy atom. The van der Waals surface area contributed by atoms with Crippen LogP contribution >= 0.6 is 0 Å². The number of hydrogen-bond acceptors (Lipinski definition) is 4. The highest BCUT2D eigenvalue weighted by Crippen LogP contribution is 2.16. The molecule has 1 aromatic carbocycles. The van der Waals surface area contributed by atoms with Crippen molar-refractivity contribution in [2.24, 2.45) is 5.73 Å². The van der Waals surface area contributed by atoms with Crippen molar-refractivity contribution in [3.63, 3.8) is 0 Å². The lowest BCUT2D eigenvalue weighted by Gasteiger charge is -2.09. The van der Waals surface area contributed by atoms with Crippen LogP contribution in [0.2, 0.25) is 0 Å². The summed E-state index contributed by atoms with van der Waals surface area (Å²) in [7, 11) is -1.11. The van der Waals surface area contributed by atoms with Crippen LogP contribution in [0.15, 0.2) is 12.1 Å². The summed E-state index contributed by atoms with van der Waals surface area (Å²) in [4.78, 5) is 10.6. The number of aliphatic carboxylic acids is 1. The Labute approximate surface area is 97.1 Å². The van der Waals surface area contributed by atoms with Gasteiger partial charge in [0.2, 0.25) is 0 Å². The van der Waals surface area contributed by atoms with Gasteiger partial charge in [-0.3, -0.25) is 4.79 Å². The van der Waals surface area contributed by atoms with Crippen LogP contribution in [0.25, 0.3) is 0 Å². The molecule has 0 aliphatic carbocycles. The molecule has 0 spiro atoms. The van der Waals surface area contributed by atoms with E-state index in [0.717, 1.165) is 6.07 Å². The molecule has 1 atom stereocenters. The maximum atomic E-state index is 13.6. The highest BCUT2D eigenvalue weighted by molar-refractivity contribution is 6.61. The first kappa shape index (κ1) is 12.0. The van der Waals surface area contributed by atoms with Crippen LogP contribution in [-0.4, -0.2) is 29.3 Å². The number of fused-ring (bicyclic) bond motifs is 1. The number of carboxylic acids is 1. The quantitative estimate of drug-likeness (QED) is 0.588. The van der Waals surface area contributed by atoms with Crippen LogP contribution in [0.3, 0.4) is 0 Å². The van der Waals surface area contributed by atoms with Crippen molar-refractivity contribution in [3.8, 4) is 0 Å². The topological polar surface area (TPSA) is 92.8 Å². The zero-order chi connectivity index (χ0) is 12.6. The molecule has 0 aromatic heterocycles. The van der Waals surface area contributed by atoms with Crippen LogP contribution in [-0.2, 0) is 22.5 Å². The van der Waals surface area contributed by atoms with E-state index in [1.807, 2.05) is 0 Å². The van der Waals surface area contributed by atoms with Gasteiger partial charge in [0.25, 0.3) is 0 Å². The van der Waals surface area contributed by atoms with Gasteiger partial charge in [0.15, 0.2) is 0 Å². The monoisotopic (exact) mass is 239 g/mol. The predicted molar refractivity (Wildman–Crippen MR) is 58.1 cm³/mol. The lowest BCUT2D eigenvalue weighted by Crippen LogP contribution is -2.33. The lowest BCUT2D eigenvalue weighted by molar-refractivity contribution is -0.138. The number of rotatable bonds is 3. The molecule has 0 bridgehead atoms. The summed E-state index contributed by atoms with van der Waals surface area (Å²) < 4.78 is 18.6. The smallest absolute Gasteiger partial charge is 0.480 e. The third kappa shape index (κ3) is 2.31. The minimum atomic E-state index is -1.18. The first-order valence-corrected chi connectivity index (χ1v) is 5.08. The molecule has 0 amide bonds. The van der Waals surface area contributed by atoms with Gasteiger partial charge in [-0.2, -0.15) is 0 Å². The summed E-state index contributed by atoms with van der Waals surface area (Å²) in [6, 6.07) is 1.51. The summed E-state index contributed by atoms with van der Waals surface area (Å²) >= 11 is 0. The van der Waals surface area contributed by atoms with Crippen molar-refractivity contribution in [1.29, 1.82) is 0 Å². The van der Waals surface area contributed by atoms with Gasteiger partial charge in [-0.05, 0) is 22.7 Å². The van der Waals surface area contributed by atoms with Gasteiger partial charge in [-0.25, -0.2) is 4.39 Å². The first-order chi connectivity index (χ1) is 7.99. The molecular formula is C10H11BFNO4. The van der Waals surface area contributed by atoms with Gasteiger partial charge in [0.1, 0.15) is 11.9 Å². The summed E-state index contributed by atoms with van der Waals surface area (Å²) in [5.41, 5.74) is 6.61. The Kier molecular flexibility index (Phi) is 3.14. The predicted octanol–water partition coefficient (Wildman–Crippen LogP) is -1.00. The SMILES string of the molecule is N[C@H](Cc1cc2c(cc1F)B(O)OC2)C(=O)O. The summed E-state index contributed by atoms with van der Waals surface area (Å²) in [6.07, 6.45) is -0.0927. The van der Waals surface area contributed by atoms with Gasteiger partial charge in [-0.15, -0.1) is 0 Å². The van der Waals surface area contributed by atoms with E-state index in [1.54, 1.807) is 0 Å². The summed E-state index contributed by atoms with van der Waals surface area (Å²) in [6.45, 7) is 0.187. The van der Waals surface area contributed by atoms with E-state index in [4.69, 9.17) is 15.5 Å². The minimum Gasteiger partial charge on any atom is -0.480 e. The Morgan fingerprint density at radius 1 is 1.65 bits per heavy atom. The second kappa shape index (κ2) is 4.44. The fraction of sp³-hybridized carbons (Fsp3) is 0.300. The second-order valence-corrected chi connectivity index (χ2v) is 3.95. The molecule has 4 N–H and O–H groups in total. The van der Waals surface area contributed by atoms with Gasteiger partial charge in [0.05, 0.1) is 6.61 Å². The molecule has 1 aromatic rings. The van der Waals surface area contributed by atoms with Gasteiger partial charge >= 0.3 is 13.1 Å². The highest BCUT2D eigenvalue weighted by atomic mass is 19.1. The normalized spacial score (nSPS) is 15.8. The molecule has 0 unspecified atom stereocenters. The van der Waals surface area contributed by atoms with Crippen molar-refractivity contribution in [2.75, 3.05) is 0 Å². The lowest BCUT2D eigenvalue weighted by atomic mass is 9.78. The molecule has 5 nitrogen and oxygen atoms in total. The van der Waals surface area contributed by atoms with E-state index >= 15 is 0 Å². The molecule has 2 rings (SSSR count). The third-order valence-corrected chi connectivity index (χ3v) is 2.73. The maximum absolute atomic E-state index is 13.6. The summed E-state index contributed by atoms with van der Waals surface area (Å²) in [5.74, 6) is -1.76. The Bertz CT molecular complexity index is 468. The van der Waals surface area contributed by atoms with Crippen LogP contribution in [0.5, 0.6) is 0 Å². The minimum absolute atomic E-state index is 0.0927. The standard InChI is InChI=1S/C10H11BFNO4/c12-8-3-7-6(4-17-11(7)16)1-5(8)2-9(13)10(14)15/h1,3,9,16H,2,4,13H2,(H,14,15)/t9-/m1/s1. The van der Waals surface area contributed by atoms with Gasteiger partial charge in [0, 0.05) is 6.42 Å². The number of benzene rings is 1. The van der Waals surface area contributed by atoms with Crippen molar-refractivity contribution in [1.82, 2.24) is 0 Å². The molecule has 0 radical (unpaired) electrons. The maximum Gasteiger partial charge on any atom is 0.491 e. The van der Waals surface area contributed by atoms with Crippen LogP contribution in [0.4, 0.5) is 4.39 Å². The molecule has 0 saturated heterocycles. The Morgan fingerprint density at radius 2 is 2.35 bits per heavy atom. The largest absolute Gasteiger partial charge is 0.491 e. The Balaban J connectivity index is 2.28. The average molecular weight is 239 g/mol. The zero-order valence-corrected chi connectivity index (χ0v) is 8.89. The van der Waals surface area contributed by atoms with Crippen LogP contribution in [0, 0.1) is 5.82 Å². The number of halogens is 1. The molecule has 17 heavy (non-hydrogen) atoms. The number of carbonyl (C=O) groups is 1. The fourth-order valence-electron chi connectivity index (χ4n) is 1.78. The Hall–Kier alpha value is -1.44. The van der Waals surface area contributed by atoms with Gasteiger partial charge in [-0.1, -0.05) is 6.07 Å². The van der Waals surface area contributed by atoms with Crippen molar-refractivity contribution in [2.45, 2.75) is 19.1 Å². The van der Waals surface area contributed by atoms with Crippen molar-refractivity contribution >= 4 is 18.6 Å². The third-order valence-electron chi connectivity index (χ3n) is 2.73. The van der Waals surface area contributed by atoms with Crippen LogP contribution in [0.1, 0.15) is 11.1 Å². The fourth-order valence-corrected chi connectivity index (χ4v) is 1.78. The first-order valence-electron chi connectivity index (χ1n) is 5.08. The highest BCUT2D eigenvalue weighted by Gasteiger charge is 2.29. The zero-order valence-electron chi connectivity index (χ0n) is 8.89. The molecule has 0 saturated carbocycles. The number of hydrogen-bond donors (Lipinski definition) is 3. The van der Waals surface area contributed by atoms with E-state index in [2.05, 4.69) is 0 Å². The van der Waals surface area contributed by atoms with Crippen LogP contribution < -0.4 is 11.2 Å². The molecule has 1 aliphatic rings. The van der Waals surface area contributed by atoms with E-state index in [-0.39, 0.29) is 18.6 Å². The van der Waals surface area contributed by atoms with Gasteiger partial charge < -0.3 is 20.5 Å². The molecule has 1 aliphatic heterocycles. The van der Waals surface area contributed by atoms with E-state index < -0.39 is 24.9 Å². The van der Waals surface area contributed by atoms with E-state index in [9.17, 15) is 14.2 Å². The number of nitrogens with two attached hydrogens (primary N) is 1.